The molecule has 0 unspecified atom stereocenters. The molecule has 0 aliphatic heterocycles. The van der Waals surface area contributed by atoms with E-state index >= 15 is 0 Å². The number of hydrogen-bond donors (Lipinski definition) is 1. The summed E-state index contributed by atoms with van der Waals surface area (Å²) in [6.45, 7) is 5.17. The molecule has 1 N–H and O–H groups in total. The van der Waals surface area contributed by atoms with E-state index in [1.165, 1.54) is 30.2 Å². The maximum atomic E-state index is 4.85. The molecular formula is C18H25N3. The molecule has 1 fully saturated rings. The third kappa shape index (κ3) is 3.18. The van der Waals surface area contributed by atoms with Crippen LogP contribution >= 0.6 is 0 Å². The van der Waals surface area contributed by atoms with Gasteiger partial charge in [-0.2, -0.15) is 0 Å². The maximum Gasteiger partial charge on any atom is 0.129 e. The molecule has 1 saturated carbocycles. The quantitative estimate of drug-likeness (QED) is 0.878. The fourth-order valence-corrected chi connectivity index (χ4v) is 2.99. The summed E-state index contributed by atoms with van der Waals surface area (Å²) in [5.41, 5.74) is 2.45. The van der Waals surface area contributed by atoms with Gasteiger partial charge in [0.2, 0.25) is 0 Å². The van der Waals surface area contributed by atoms with Gasteiger partial charge in [-0.15, -0.1) is 0 Å². The molecule has 1 aliphatic rings. The van der Waals surface area contributed by atoms with Crippen LogP contribution < -0.4 is 10.2 Å². The zero-order chi connectivity index (χ0) is 14.7. The molecule has 1 aromatic heterocycles. The van der Waals surface area contributed by atoms with E-state index in [9.17, 15) is 0 Å². The molecule has 3 rings (SSSR count). The molecule has 1 aliphatic carbocycles. The SMILES string of the molecule is CCNCc1cc(N(C)CC2CCC2)nc2ccccc12. The zero-order valence-electron chi connectivity index (χ0n) is 13.1. The van der Waals surface area contributed by atoms with Crippen molar-refractivity contribution in [2.45, 2.75) is 32.7 Å². The molecule has 0 bridgehead atoms. The number of fused-ring (bicyclic) bond motifs is 1. The predicted octanol–water partition coefficient (Wildman–Crippen LogP) is 3.58. The lowest BCUT2D eigenvalue weighted by atomic mass is 9.85. The predicted molar refractivity (Wildman–Crippen MR) is 89.7 cm³/mol. The Labute approximate surface area is 127 Å². The summed E-state index contributed by atoms with van der Waals surface area (Å²) >= 11 is 0. The molecule has 21 heavy (non-hydrogen) atoms. The van der Waals surface area contributed by atoms with E-state index in [4.69, 9.17) is 4.98 Å². The molecule has 3 heteroatoms. The molecule has 3 nitrogen and oxygen atoms in total. The monoisotopic (exact) mass is 283 g/mol. The van der Waals surface area contributed by atoms with Crippen molar-refractivity contribution >= 4 is 16.7 Å². The molecule has 0 spiro atoms. The smallest absolute Gasteiger partial charge is 0.129 e. The van der Waals surface area contributed by atoms with Crippen molar-refractivity contribution in [3.8, 4) is 0 Å². The molecule has 0 amide bonds. The minimum atomic E-state index is 0.862. The van der Waals surface area contributed by atoms with Gasteiger partial charge in [-0.3, -0.25) is 0 Å². The van der Waals surface area contributed by atoms with E-state index in [2.05, 4.69) is 54.5 Å². The lowest BCUT2D eigenvalue weighted by Gasteiger charge is -2.31. The average molecular weight is 283 g/mol. The van der Waals surface area contributed by atoms with Crippen molar-refractivity contribution in [3.63, 3.8) is 0 Å². The number of aromatic nitrogens is 1. The van der Waals surface area contributed by atoms with E-state index in [1.807, 2.05) is 0 Å². The summed E-state index contributed by atoms with van der Waals surface area (Å²) in [4.78, 5) is 7.18. The molecule has 112 valence electrons. The summed E-state index contributed by atoms with van der Waals surface area (Å²) in [6.07, 6.45) is 4.15. The summed E-state index contributed by atoms with van der Waals surface area (Å²) in [7, 11) is 2.17. The van der Waals surface area contributed by atoms with Gasteiger partial charge >= 0.3 is 0 Å². The fraction of sp³-hybridized carbons (Fsp3) is 0.500. The van der Waals surface area contributed by atoms with Gasteiger partial charge in [0.25, 0.3) is 0 Å². The van der Waals surface area contributed by atoms with Gasteiger partial charge in [0, 0.05) is 25.5 Å². The van der Waals surface area contributed by atoms with Crippen LogP contribution in [0.5, 0.6) is 0 Å². The normalized spacial score (nSPS) is 15.1. The van der Waals surface area contributed by atoms with Gasteiger partial charge in [-0.05, 0) is 43.0 Å². The average Bonchev–Trinajstić information content (AvgIpc) is 2.48. The van der Waals surface area contributed by atoms with Crippen molar-refractivity contribution in [2.24, 2.45) is 5.92 Å². The van der Waals surface area contributed by atoms with Gasteiger partial charge in [-0.1, -0.05) is 31.5 Å². The van der Waals surface area contributed by atoms with Crippen LogP contribution in [0.25, 0.3) is 10.9 Å². The highest BCUT2D eigenvalue weighted by molar-refractivity contribution is 5.84. The first-order valence-electron chi connectivity index (χ1n) is 8.08. The highest BCUT2D eigenvalue weighted by Crippen LogP contribution is 2.29. The third-order valence-corrected chi connectivity index (χ3v) is 4.50. The van der Waals surface area contributed by atoms with Crippen molar-refractivity contribution in [1.82, 2.24) is 10.3 Å². The Morgan fingerprint density at radius 2 is 2.10 bits per heavy atom. The number of hydrogen-bond acceptors (Lipinski definition) is 3. The lowest BCUT2D eigenvalue weighted by molar-refractivity contribution is 0.321. The Morgan fingerprint density at radius 1 is 1.29 bits per heavy atom. The van der Waals surface area contributed by atoms with E-state index < -0.39 is 0 Å². The highest BCUT2D eigenvalue weighted by atomic mass is 15.2. The second kappa shape index (κ2) is 6.44. The van der Waals surface area contributed by atoms with Gasteiger partial charge < -0.3 is 10.2 Å². The van der Waals surface area contributed by atoms with E-state index in [0.717, 1.165) is 36.9 Å². The molecule has 1 aromatic carbocycles. The molecule has 2 aromatic rings. The summed E-state index contributed by atoms with van der Waals surface area (Å²) in [5, 5.41) is 4.70. The number of benzene rings is 1. The van der Waals surface area contributed by atoms with Crippen molar-refractivity contribution in [1.29, 1.82) is 0 Å². The number of rotatable bonds is 6. The maximum absolute atomic E-state index is 4.85. The summed E-state index contributed by atoms with van der Waals surface area (Å²) in [5.74, 6) is 1.97. The lowest BCUT2D eigenvalue weighted by Crippen LogP contribution is -2.30. The van der Waals surface area contributed by atoms with E-state index in [0.29, 0.717) is 0 Å². The van der Waals surface area contributed by atoms with Crippen molar-refractivity contribution in [3.05, 3.63) is 35.9 Å². The second-order valence-corrected chi connectivity index (χ2v) is 6.11. The highest BCUT2D eigenvalue weighted by Gasteiger charge is 2.20. The number of nitrogens with one attached hydrogen (secondary N) is 1. The van der Waals surface area contributed by atoms with Gasteiger partial charge in [0.05, 0.1) is 5.52 Å². The van der Waals surface area contributed by atoms with Crippen LogP contribution in [-0.2, 0) is 6.54 Å². The van der Waals surface area contributed by atoms with E-state index in [-0.39, 0.29) is 0 Å². The largest absolute Gasteiger partial charge is 0.359 e. The second-order valence-electron chi connectivity index (χ2n) is 6.11. The van der Waals surface area contributed by atoms with Crippen LogP contribution in [0, 0.1) is 5.92 Å². The number of anilines is 1. The Balaban J connectivity index is 1.90. The zero-order valence-corrected chi connectivity index (χ0v) is 13.1. The Bertz CT molecular complexity index is 604. The number of para-hydroxylation sites is 1. The van der Waals surface area contributed by atoms with Crippen LogP contribution in [0.4, 0.5) is 5.82 Å². The molecule has 0 saturated heterocycles. The standard InChI is InChI=1S/C18H25N3/c1-3-19-12-15-11-18(21(2)13-14-7-6-8-14)20-17-10-5-4-9-16(15)17/h4-5,9-11,14,19H,3,6-8,12-13H2,1-2H3. The number of nitrogens with zero attached hydrogens (tertiary/aromatic N) is 2. The third-order valence-electron chi connectivity index (χ3n) is 4.50. The van der Waals surface area contributed by atoms with Gasteiger partial charge in [-0.25, -0.2) is 4.98 Å². The Morgan fingerprint density at radius 3 is 2.81 bits per heavy atom. The van der Waals surface area contributed by atoms with Crippen LogP contribution in [0.15, 0.2) is 30.3 Å². The number of pyridine rings is 1. The fourth-order valence-electron chi connectivity index (χ4n) is 2.99. The van der Waals surface area contributed by atoms with Crippen molar-refractivity contribution < 1.29 is 0 Å². The van der Waals surface area contributed by atoms with Gasteiger partial charge in [0.15, 0.2) is 0 Å². The topological polar surface area (TPSA) is 28.2 Å². The molecule has 0 radical (unpaired) electrons. The molecular weight excluding hydrogens is 258 g/mol. The first-order valence-corrected chi connectivity index (χ1v) is 8.08. The summed E-state index contributed by atoms with van der Waals surface area (Å²) in [6, 6.07) is 10.7. The van der Waals surface area contributed by atoms with Crippen LogP contribution in [0.2, 0.25) is 0 Å². The van der Waals surface area contributed by atoms with E-state index in [1.54, 1.807) is 0 Å². The Hall–Kier alpha value is -1.61. The van der Waals surface area contributed by atoms with Crippen LogP contribution in [0.1, 0.15) is 31.7 Å². The van der Waals surface area contributed by atoms with Crippen LogP contribution in [-0.4, -0.2) is 25.1 Å². The Kier molecular flexibility index (Phi) is 4.39. The first kappa shape index (κ1) is 14.3. The van der Waals surface area contributed by atoms with Crippen molar-refractivity contribution in [2.75, 3.05) is 25.0 Å². The molecule has 0 atom stereocenters. The van der Waals surface area contributed by atoms with Gasteiger partial charge in [0.1, 0.15) is 5.82 Å². The summed E-state index contributed by atoms with van der Waals surface area (Å²) < 4.78 is 0. The minimum absolute atomic E-state index is 0.862. The first-order chi connectivity index (χ1) is 10.3. The van der Waals surface area contributed by atoms with Crippen LogP contribution in [0.3, 0.4) is 0 Å². The molecule has 1 heterocycles. The minimum Gasteiger partial charge on any atom is -0.359 e.